The summed E-state index contributed by atoms with van der Waals surface area (Å²) in [7, 11) is 2.09. The molecule has 100 valence electrons. The molecule has 0 aliphatic carbocycles. The number of rotatable bonds is 3. The lowest BCUT2D eigenvalue weighted by molar-refractivity contribution is -0.00000399. The topological polar surface area (TPSA) is 24.8 Å². The van der Waals surface area contributed by atoms with E-state index in [1.165, 1.54) is 6.42 Å². The smallest absolute Gasteiger partial charge is 0.164 e. The predicted octanol–water partition coefficient (Wildman–Crippen LogP) is 0.145. The number of thioether (sulfide) groups is 1. The molecule has 0 N–H and O–H groups in total. The molecule has 0 radical (unpaired) electrons. The Hall–Kier alpha value is -0.430. The molecule has 0 amide bonds. The van der Waals surface area contributed by atoms with Crippen molar-refractivity contribution in [1.82, 2.24) is 4.90 Å². The molecule has 3 nitrogen and oxygen atoms in total. The van der Waals surface area contributed by atoms with Crippen LogP contribution in [-0.4, -0.2) is 36.0 Å². The van der Waals surface area contributed by atoms with Crippen LogP contribution in [0.5, 0.6) is 5.75 Å². The second-order valence-corrected chi connectivity index (χ2v) is 4.98. The maximum atomic E-state index is 5.58. The van der Waals surface area contributed by atoms with Gasteiger partial charge in [0.25, 0.3) is 0 Å². The molecule has 2 rings (SSSR count). The molecular weight excluding hydrogens is 359 g/mol. The summed E-state index contributed by atoms with van der Waals surface area (Å²) in [6, 6.07) is 7.94. The van der Waals surface area contributed by atoms with E-state index in [4.69, 9.17) is 9.73 Å². The summed E-state index contributed by atoms with van der Waals surface area (Å²) in [5.74, 6) is 2.02. The Bertz CT molecular complexity index is 412. The first-order valence-electron chi connectivity index (χ1n) is 5.95. The lowest BCUT2D eigenvalue weighted by atomic mass is 10.3. The average molecular weight is 377 g/mol. The average Bonchev–Trinajstić information content (AvgIpc) is 2.35. The van der Waals surface area contributed by atoms with Gasteiger partial charge in [0.05, 0.1) is 6.61 Å². The highest BCUT2D eigenvalue weighted by molar-refractivity contribution is 8.13. The Labute approximate surface area is 130 Å². The number of nitrogens with zero attached hydrogens (tertiary/aromatic N) is 2. The van der Waals surface area contributed by atoms with Crippen LogP contribution in [0.1, 0.15) is 13.3 Å². The molecule has 0 bridgehead atoms. The second kappa shape index (κ2) is 7.89. The van der Waals surface area contributed by atoms with E-state index in [1.54, 1.807) is 0 Å². The Kier molecular flexibility index (Phi) is 6.85. The van der Waals surface area contributed by atoms with Gasteiger partial charge in [0.1, 0.15) is 11.4 Å². The third-order valence-electron chi connectivity index (χ3n) is 2.58. The third kappa shape index (κ3) is 4.05. The molecule has 1 fully saturated rings. The molecule has 5 heteroatoms. The van der Waals surface area contributed by atoms with Crippen molar-refractivity contribution in [2.45, 2.75) is 13.3 Å². The first-order valence-corrected chi connectivity index (χ1v) is 6.94. The zero-order valence-electron chi connectivity index (χ0n) is 10.7. The molecule has 0 aromatic heterocycles. The largest absolute Gasteiger partial charge is 1.00 e. The van der Waals surface area contributed by atoms with Gasteiger partial charge in [-0.1, -0.05) is 23.9 Å². The van der Waals surface area contributed by atoms with E-state index in [1.807, 2.05) is 43.0 Å². The Balaban J connectivity index is 0.00000162. The summed E-state index contributed by atoms with van der Waals surface area (Å²) >= 11 is 1.81. The highest BCUT2D eigenvalue weighted by atomic mass is 127. The lowest BCUT2D eigenvalue weighted by Crippen LogP contribution is -3.00. The summed E-state index contributed by atoms with van der Waals surface area (Å²) < 4.78 is 5.58. The normalized spacial score (nSPS) is 17.4. The van der Waals surface area contributed by atoms with Crippen LogP contribution in [0.2, 0.25) is 0 Å². The molecule has 18 heavy (non-hydrogen) atoms. The standard InChI is InChI=1S/C13H18N2OS.HI/c1-3-16-12-8-5-4-7-11(12)14-13-15(2)9-6-10-17-13;/h4-5,7-8H,3,6,9-10H2,1-2H3;1H/p-1. The summed E-state index contributed by atoms with van der Waals surface area (Å²) in [6.45, 7) is 3.75. The minimum atomic E-state index is 0. The van der Waals surface area contributed by atoms with E-state index in [2.05, 4.69) is 11.9 Å². The van der Waals surface area contributed by atoms with Crippen LogP contribution in [-0.2, 0) is 0 Å². The van der Waals surface area contributed by atoms with E-state index in [0.717, 1.165) is 28.9 Å². The number of halogens is 1. The number of ether oxygens (including phenoxy) is 1. The zero-order valence-corrected chi connectivity index (χ0v) is 13.7. The van der Waals surface area contributed by atoms with Crippen molar-refractivity contribution in [1.29, 1.82) is 0 Å². The summed E-state index contributed by atoms with van der Waals surface area (Å²) in [5, 5.41) is 1.09. The lowest BCUT2D eigenvalue weighted by Gasteiger charge is -2.25. The zero-order chi connectivity index (χ0) is 12.1. The van der Waals surface area contributed by atoms with Crippen molar-refractivity contribution in [2.75, 3.05) is 26.0 Å². The number of benzene rings is 1. The fraction of sp³-hybridized carbons (Fsp3) is 0.462. The molecule has 1 aromatic rings. The van der Waals surface area contributed by atoms with E-state index in [0.29, 0.717) is 6.61 Å². The molecule has 1 aliphatic heterocycles. The number of aliphatic imine (C=N–C) groups is 1. The maximum Gasteiger partial charge on any atom is 0.164 e. The molecule has 1 aliphatic rings. The number of amidine groups is 1. The molecule has 0 spiro atoms. The van der Waals surface area contributed by atoms with Crippen LogP contribution in [0.15, 0.2) is 29.3 Å². The minimum absolute atomic E-state index is 0. The molecule has 0 atom stereocenters. The van der Waals surface area contributed by atoms with Crippen molar-refractivity contribution in [3.05, 3.63) is 24.3 Å². The summed E-state index contributed by atoms with van der Waals surface area (Å²) in [6.07, 6.45) is 1.23. The van der Waals surface area contributed by atoms with Gasteiger partial charge in [-0.25, -0.2) is 4.99 Å². The van der Waals surface area contributed by atoms with Crippen LogP contribution in [0.4, 0.5) is 5.69 Å². The Morgan fingerprint density at radius 2 is 2.17 bits per heavy atom. The highest BCUT2D eigenvalue weighted by Gasteiger charge is 2.13. The molecular formula is C13H18IN2OS-. The first-order chi connectivity index (χ1) is 8.31. The van der Waals surface area contributed by atoms with E-state index in [9.17, 15) is 0 Å². The van der Waals surface area contributed by atoms with Gasteiger partial charge in [0.2, 0.25) is 0 Å². The van der Waals surface area contributed by atoms with Crippen molar-refractivity contribution in [3.63, 3.8) is 0 Å². The van der Waals surface area contributed by atoms with Crippen molar-refractivity contribution < 1.29 is 28.7 Å². The molecule has 0 unspecified atom stereocenters. The number of hydrogen-bond donors (Lipinski definition) is 0. The van der Waals surface area contributed by atoms with Crippen molar-refractivity contribution in [2.24, 2.45) is 4.99 Å². The Morgan fingerprint density at radius 1 is 1.39 bits per heavy atom. The van der Waals surface area contributed by atoms with Gasteiger partial charge in [-0.05, 0) is 25.5 Å². The van der Waals surface area contributed by atoms with Gasteiger partial charge in [0.15, 0.2) is 5.17 Å². The van der Waals surface area contributed by atoms with E-state index in [-0.39, 0.29) is 24.0 Å². The summed E-state index contributed by atoms with van der Waals surface area (Å²) in [4.78, 5) is 6.90. The van der Waals surface area contributed by atoms with Crippen LogP contribution in [0.25, 0.3) is 0 Å². The second-order valence-electron chi connectivity index (χ2n) is 3.92. The van der Waals surface area contributed by atoms with Crippen LogP contribution >= 0.6 is 11.8 Å². The Morgan fingerprint density at radius 3 is 2.89 bits per heavy atom. The fourth-order valence-corrected chi connectivity index (χ4v) is 2.65. The van der Waals surface area contributed by atoms with Crippen molar-refractivity contribution >= 4 is 22.6 Å². The van der Waals surface area contributed by atoms with E-state index >= 15 is 0 Å². The predicted molar refractivity (Wildman–Crippen MR) is 74.4 cm³/mol. The van der Waals surface area contributed by atoms with Gasteiger partial charge in [-0.2, -0.15) is 0 Å². The molecule has 1 heterocycles. The van der Waals surface area contributed by atoms with Crippen LogP contribution in [0, 0.1) is 0 Å². The van der Waals surface area contributed by atoms with Crippen molar-refractivity contribution in [3.8, 4) is 5.75 Å². The third-order valence-corrected chi connectivity index (χ3v) is 3.73. The molecule has 0 saturated carbocycles. The van der Waals surface area contributed by atoms with Gasteiger partial charge in [-0.3, -0.25) is 0 Å². The monoisotopic (exact) mass is 377 g/mol. The maximum absolute atomic E-state index is 5.58. The molecule has 1 saturated heterocycles. The number of hydrogen-bond acceptors (Lipinski definition) is 3. The first kappa shape index (κ1) is 15.6. The highest BCUT2D eigenvalue weighted by Crippen LogP contribution is 2.29. The van der Waals surface area contributed by atoms with Gasteiger partial charge in [-0.15, -0.1) is 0 Å². The van der Waals surface area contributed by atoms with Gasteiger partial charge >= 0.3 is 0 Å². The fourth-order valence-electron chi connectivity index (χ4n) is 1.72. The van der Waals surface area contributed by atoms with E-state index < -0.39 is 0 Å². The number of para-hydroxylation sites is 2. The minimum Gasteiger partial charge on any atom is -1.00 e. The SMILES string of the molecule is CCOc1ccccc1N=C1SCCCN1C.[I-]. The van der Waals surface area contributed by atoms with Gasteiger partial charge < -0.3 is 33.6 Å². The van der Waals surface area contributed by atoms with Crippen LogP contribution < -0.4 is 28.7 Å². The van der Waals surface area contributed by atoms with Crippen LogP contribution in [0.3, 0.4) is 0 Å². The molecule has 1 aromatic carbocycles. The quantitative estimate of drug-likeness (QED) is 0.701. The summed E-state index contributed by atoms with van der Waals surface area (Å²) in [5.41, 5.74) is 0.922. The van der Waals surface area contributed by atoms with Gasteiger partial charge in [0, 0.05) is 19.3 Å².